The first-order valence-corrected chi connectivity index (χ1v) is 11.4. The molecule has 0 aliphatic carbocycles. The molecule has 0 fully saturated rings. The Morgan fingerprint density at radius 3 is 2.00 bits per heavy atom. The molecule has 2 heteroatoms. The van der Waals surface area contributed by atoms with Crippen molar-refractivity contribution in [2.75, 3.05) is 0 Å². The van der Waals surface area contributed by atoms with Crippen molar-refractivity contribution >= 4 is 43.6 Å². The molecule has 0 amide bonds. The van der Waals surface area contributed by atoms with Crippen LogP contribution in [0, 0.1) is 0 Å². The van der Waals surface area contributed by atoms with Gasteiger partial charge in [-0.05, 0) is 29.8 Å². The fourth-order valence-electron chi connectivity index (χ4n) is 5.51. The maximum absolute atomic E-state index is 2.43. The molecule has 0 N–H and O–H groups in total. The van der Waals surface area contributed by atoms with Crippen LogP contribution < -0.4 is 0 Å². The average Bonchev–Trinajstić information content (AvgIpc) is 3.37. The molecule has 0 spiro atoms. The molecule has 0 saturated carbocycles. The molecule has 7 aromatic rings. The van der Waals surface area contributed by atoms with Crippen molar-refractivity contribution in [2.24, 2.45) is 7.05 Å². The van der Waals surface area contributed by atoms with Crippen molar-refractivity contribution in [3.63, 3.8) is 0 Å². The minimum absolute atomic E-state index is 1.18. The van der Waals surface area contributed by atoms with Crippen LogP contribution in [0.25, 0.3) is 60.4 Å². The second-order valence-electron chi connectivity index (χ2n) is 8.67. The van der Waals surface area contributed by atoms with E-state index in [1.54, 1.807) is 0 Å². The number of aromatic nitrogens is 2. The minimum Gasteiger partial charge on any atom is -0.343 e. The average molecular weight is 423 g/mol. The van der Waals surface area contributed by atoms with Crippen molar-refractivity contribution in [1.82, 2.24) is 9.13 Å². The van der Waals surface area contributed by atoms with E-state index in [0.717, 1.165) is 0 Å². The van der Waals surface area contributed by atoms with Crippen LogP contribution in [0.2, 0.25) is 0 Å². The summed E-state index contributed by atoms with van der Waals surface area (Å²) in [7, 11) is 2.19. The van der Waals surface area contributed by atoms with E-state index in [-0.39, 0.29) is 0 Å². The molecule has 5 aromatic carbocycles. The lowest BCUT2D eigenvalue weighted by molar-refractivity contribution is 1.02. The lowest BCUT2D eigenvalue weighted by atomic mass is 10.0. The zero-order chi connectivity index (χ0) is 21.9. The Balaban J connectivity index is 1.76. The number of rotatable bonds is 2. The summed E-state index contributed by atoms with van der Waals surface area (Å²) in [5, 5.41) is 5.20. The lowest BCUT2D eigenvalue weighted by Gasteiger charge is -2.11. The van der Waals surface area contributed by atoms with Crippen LogP contribution in [-0.4, -0.2) is 9.13 Å². The Morgan fingerprint density at radius 2 is 1.18 bits per heavy atom. The van der Waals surface area contributed by atoms with Gasteiger partial charge in [0, 0.05) is 45.4 Å². The Labute approximate surface area is 191 Å². The molecular weight excluding hydrogens is 400 g/mol. The molecule has 0 bridgehead atoms. The summed E-state index contributed by atoms with van der Waals surface area (Å²) in [6.45, 7) is 0. The number of hydrogen-bond donors (Lipinski definition) is 0. The number of benzene rings is 5. The van der Waals surface area contributed by atoms with E-state index in [9.17, 15) is 0 Å². The lowest BCUT2D eigenvalue weighted by Crippen LogP contribution is -1.95. The third kappa shape index (κ3) is 2.49. The van der Waals surface area contributed by atoms with Gasteiger partial charge in [0.2, 0.25) is 0 Å². The fraction of sp³-hybridized carbons (Fsp3) is 0.0323. The van der Waals surface area contributed by atoms with Crippen LogP contribution in [-0.2, 0) is 7.05 Å². The molecule has 0 saturated heterocycles. The Morgan fingerprint density at radius 1 is 0.485 bits per heavy atom. The molecule has 156 valence electrons. The highest BCUT2D eigenvalue weighted by Gasteiger charge is 2.20. The molecule has 0 aliphatic rings. The van der Waals surface area contributed by atoms with Crippen molar-refractivity contribution in [3.8, 4) is 16.8 Å². The van der Waals surface area contributed by atoms with Gasteiger partial charge in [-0.3, -0.25) is 0 Å². The maximum atomic E-state index is 2.43. The molecule has 0 unspecified atom stereocenters. The molecule has 2 nitrogen and oxygen atoms in total. The van der Waals surface area contributed by atoms with Crippen molar-refractivity contribution in [2.45, 2.75) is 0 Å². The van der Waals surface area contributed by atoms with Crippen LogP contribution in [0.5, 0.6) is 0 Å². The van der Waals surface area contributed by atoms with Crippen LogP contribution >= 0.6 is 0 Å². The van der Waals surface area contributed by atoms with Gasteiger partial charge in [0.05, 0.1) is 16.6 Å². The van der Waals surface area contributed by atoms with Gasteiger partial charge in [-0.1, -0.05) is 91.0 Å². The van der Waals surface area contributed by atoms with E-state index in [0.29, 0.717) is 0 Å². The highest BCUT2D eigenvalue weighted by molar-refractivity contribution is 6.26. The molecule has 0 radical (unpaired) electrons. The smallest absolute Gasteiger partial charge is 0.0620 e. The zero-order valence-electron chi connectivity index (χ0n) is 18.4. The van der Waals surface area contributed by atoms with E-state index in [1.165, 1.54) is 60.4 Å². The van der Waals surface area contributed by atoms with Gasteiger partial charge < -0.3 is 9.13 Å². The summed E-state index contributed by atoms with van der Waals surface area (Å²) in [6.07, 6.45) is 0. The van der Waals surface area contributed by atoms with E-state index < -0.39 is 0 Å². The first-order valence-electron chi connectivity index (χ1n) is 11.4. The number of para-hydroxylation sites is 3. The van der Waals surface area contributed by atoms with Gasteiger partial charge in [0.15, 0.2) is 0 Å². The Kier molecular flexibility index (Phi) is 3.80. The summed E-state index contributed by atoms with van der Waals surface area (Å²) < 4.78 is 4.79. The molecule has 0 aliphatic heterocycles. The number of nitrogens with zero attached hydrogens (tertiary/aromatic N) is 2. The predicted octanol–water partition coefficient (Wildman–Crippen LogP) is 8.10. The predicted molar refractivity (Wildman–Crippen MR) is 140 cm³/mol. The molecule has 0 atom stereocenters. The van der Waals surface area contributed by atoms with E-state index in [1.807, 2.05) is 0 Å². The third-order valence-electron chi connectivity index (χ3n) is 6.92. The fourth-order valence-corrected chi connectivity index (χ4v) is 5.51. The summed E-state index contributed by atoms with van der Waals surface area (Å²) in [6, 6.07) is 41.4. The zero-order valence-corrected chi connectivity index (χ0v) is 18.4. The van der Waals surface area contributed by atoms with Crippen molar-refractivity contribution < 1.29 is 0 Å². The summed E-state index contributed by atoms with van der Waals surface area (Å²) in [4.78, 5) is 0. The molecule has 2 aromatic heterocycles. The first-order chi connectivity index (χ1) is 16.3. The van der Waals surface area contributed by atoms with Crippen LogP contribution in [0.4, 0.5) is 0 Å². The monoisotopic (exact) mass is 422 g/mol. The minimum atomic E-state index is 1.18. The first kappa shape index (κ1) is 18.3. The van der Waals surface area contributed by atoms with Gasteiger partial charge in [0.25, 0.3) is 0 Å². The third-order valence-corrected chi connectivity index (χ3v) is 6.92. The van der Waals surface area contributed by atoms with Gasteiger partial charge in [0.1, 0.15) is 0 Å². The van der Waals surface area contributed by atoms with Crippen LogP contribution in [0.15, 0.2) is 115 Å². The molecule has 33 heavy (non-hydrogen) atoms. The topological polar surface area (TPSA) is 9.86 Å². The Hall–Kier alpha value is -4.30. The largest absolute Gasteiger partial charge is 0.343 e. The SMILES string of the molecule is Cn1c2ccccc2c2ccc3c(c4cccc(-c5ccccc5)c4n3-c3ccccc3)c21. The van der Waals surface area contributed by atoms with Crippen LogP contribution in [0.1, 0.15) is 0 Å². The summed E-state index contributed by atoms with van der Waals surface area (Å²) in [5.74, 6) is 0. The van der Waals surface area contributed by atoms with Crippen LogP contribution in [0.3, 0.4) is 0 Å². The normalized spacial score (nSPS) is 11.8. The highest BCUT2D eigenvalue weighted by Crippen LogP contribution is 2.42. The quantitative estimate of drug-likeness (QED) is 0.266. The number of fused-ring (bicyclic) bond motifs is 7. The van der Waals surface area contributed by atoms with Gasteiger partial charge >= 0.3 is 0 Å². The standard InChI is InChI=1S/C31H22N2/c1-32-27-18-9-8-15-24(27)25-19-20-28-29(31(25)32)26-17-10-16-23(21-11-4-2-5-12-21)30(26)33(28)22-13-6-3-7-14-22/h2-20H,1H3. The van der Waals surface area contributed by atoms with Crippen molar-refractivity contribution in [3.05, 3.63) is 115 Å². The maximum Gasteiger partial charge on any atom is 0.0620 e. The summed E-state index contributed by atoms with van der Waals surface area (Å²) in [5.41, 5.74) is 8.70. The molecule has 2 heterocycles. The van der Waals surface area contributed by atoms with E-state index in [4.69, 9.17) is 0 Å². The van der Waals surface area contributed by atoms with Gasteiger partial charge in [-0.15, -0.1) is 0 Å². The Bertz CT molecular complexity index is 1800. The van der Waals surface area contributed by atoms with E-state index >= 15 is 0 Å². The second kappa shape index (κ2) is 6.85. The van der Waals surface area contributed by atoms with E-state index in [2.05, 4.69) is 131 Å². The second-order valence-corrected chi connectivity index (χ2v) is 8.67. The molecule has 7 rings (SSSR count). The molecular formula is C31H22N2. The van der Waals surface area contributed by atoms with Crippen molar-refractivity contribution in [1.29, 1.82) is 0 Å². The highest BCUT2D eigenvalue weighted by atomic mass is 15.0. The number of hydrogen-bond acceptors (Lipinski definition) is 0. The number of aryl methyl sites for hydroxylation is 1. The van der Waals surface area contributed by atoms with Gasteiger partial charge in [-0.25, -0.2) is 0 Å². The summed E-state index contributed by atoms with van der Waals surface area (Å²) >= 11 is 0. The van der Waals surface area contributed by atoms with Gasteiger partial charge in [-0.2, -0.15) is 0 Å².